The lowest BCUT2D eigenvalue weighted by Crippen LogP contribution is -2.10. The summed E-state index contributed by atoms with van der Waals surface area (Å²) in [5.41, 5.74) is 2.53. The van der Waals surface area contributed by atoms with E-state index in [1.165, 1.54) is 7.11 Å². The highest BCUT2D eigenvalue weighted by Crippen LogP contribution is 2.32. The highest BCUT2D eigenvalue weighted by atomic mass is 35.5. The topological polar surface area (TPSA) is 81.0 Å². The maximum Gasteiger partial charge on any atom is 0.310 e. The molecule has 1 aromatic heterocycles. The molecule has 35 heavy (non-hydrogen) atoms. The molecule has 0 saturated carbocycles. The number of hydrogen-bond acceptors (Lipinski definition) is 7. The van der Waals surface area contributed by atoms with Gasteiger partial charge in [-0.2, -0.15) is 0 Å². The fourth-order valence-corrected chi connectivity index (χ4v) is 3.92. The van der Waals surface area contributed by atoms with Crippen LogP contribution in [0.25, 0.3) is 0 Å². The van der Waals surface area contributed by atoms with Crippen LogP contribution in [0.1, 0.15) is 23.2 Å². The Balaban J connectivity index is 1.70. The number of methoxy groups -OCH3 is 3. The van der Waals surface area contributed by atoms with E-state index in [9.17, 15) is 4.79 Å². The average Bonchev–Trinajstić information content (AvgIpc) is 3.23. The van der Waals surface area contributed by atoms with E-state index in [0.717, 1.165) is 11.3 Å². The van der Waals surface area contributed by atoms with Crippen molar-refractivity contribution < 1.29 is 28.5 Å². The molecule has 0 N–H and O–H groups in total. The lowest BCUT2D eigenvalue weighted by Gasteiger charge is -2.15. The Morgan fingerprint density at radius 3 is 2.57 bits per heavy atom. The van der Waals surface area contributed by atoms with Crippen LogP contribution in [0.5, 0.6) is 17.4 Å². The van der Waals surface area contributed by atoms with Gasteiger partial charge in [0.15, 0.2) is 18.3 Å². The van der Waals surface area contributed by atoms with E-state index < -0.39 is 0 Å². The largest absolute Gasteiger partial charge is 0.493 e. The highest BCUT2D eigenvalue weighted by molar-refractivity contribution is 6.35. The van der Waals surface area contributed by atoms with E-state index in [-0.39, 0.29) is 19.2 Å². The van der Waals surface area contributed by atoms with Crippen LogP contribution >= 0.6 is 23.2 Å². The molecule has 0 aliphatic carbocycles. The van der Waals surface area contributed by atoms with Crippen LogP contribution in [-0.4, -0.2) is 50.5 Å². The van der Waals surface area contributed by atoms with Crippen molar-refractivity contribution in [3.8, 4) is 17.4 Å². The van der Waals surface area contributed by atoms with Crippen molar-refractivity contribution in [1.29, 1.82) is 0 Å². The predicted octanol–water partition coefficient (Wildman–Crippen LogP) is 4.96. The van der Waals surface area contributed by atoms with Gasteiger partial charge < -0.3 is 23.7 Å². The first kappa shape index (κ1) is 26.7. The number of esters is 1. The molecule has 0 radical (unpaired) electrons. The normalized spacial score (nSPS) is 10.8. The minimum Gasteiger partial charge on any atom is -0.493 e. The lowest BCUT2D eigenvalue weighted by molar-refractivity contribution is -0.139. The van der Waals surface area contributed by atoms with E-state index in [1.807, 2.05) is 28.9 Å². The van der Waals surface area contributed by atoms with Crippen molar-refractivity contribution in [2.75, 3.05) is 34.7 Å². The number of rotatable bonds is 13. The van der Waals surface area contributed by atoms with E-state index in [4.69, 9.17) is 46.9 Å². The van der Waals surface area contributed by atoms with Gasteiger partial charge in [0.1, 0.15) is 0 Å². The third-order valence-electron chi connectivity index (χ3n) is 5.17. The molecule has 188 valence electrons. The lowest BCUT2D eigenvalue weighted by atomic mass is 10.1. The SMILES string of the molecule is COCOc1cc(CCCOc2c(CC(=O)OC)cccc2OC)n(Cc2ccc(Cl)cc2Cl)n1. The van der Waals surface area contributed by atoms with Crippen LogP contribution < -0.4 is 14.2 Å². The fraction of sp³-hybridized carbons (Fsp3) is 0.360. The second kappa shape index (κ2) is 13.2. The van der Waals surface area contributed by atoms with Gasteiger partial charge in [-0.05, 0) is 36.6 Å². The van der Waals surface area contributed by atoms with Crippen LogP contribution in [0.3, 0.4) is 0 Å². The maximum absolute atomic E-state index is 11.8. The summed E-state index contributed by atoms with van der Waals surface area (Å²) < 4.78 is 28.6. The number of carbonyl (C=O) groups is 1. The summed E-state index contributed by atoms with van der Waals surface area (Å²) in [6.07, 6.45) is 1.44. The van der Waals surface area contributed by atoms with Gasteiger partial charge >= 0.3 is 5.97 Å². The minimum absolute atomic E-state index is 0.0951. The molecule has 0 atom stereocenters. The molecule has 3 aromatic rings. The molecule has 0 saturated heterocycles. The molecule has 0 aliphatic heterocycles. The number of halogens is 2. The molecule has 0 aliphatic rings. The van der Waals surface area contributed by atoms with Crippen LogP contribution in [0.2, 0.25) is 10.0 Å². The minimum atomic E-state index is -0.351. The third kappa shape index (κ3) is 7.52. The Labute approximate surface area is 214 Å². The van der Waals surface area contributed by atoms with Crippen molar-refractivity contribution in [3.63, 3.8) is 0 Å². The van der Waals surface area contributed by atoms with E-state index in [2.05, 4.69) is 5.10 Å². The fourth-order valence-electron chi connectivity index (χ4n) is 3.45. The molecule has 10 heteroatoms. The van der Waals surface area contributed by atoms with Gasteiger partial charge in [-0.3, -0.25) is 9.48 Å². The molecule has 1 heterocycles. The van der Waals surface area contributed by atoms with Crippen molar-refractivity contribution in [2.45, 2.75) is 25.8 Å². The molecular weight excluding hydrogens is 495 g/mol. The molecule has 0 fully saturated rings. The number of aromatic nitrogens is 2. The number of aryl methyl sites for hydroxylation is 1. The van der Waals surface area contributed by atoms with Crippen molar-refractivity contribution in [1.82, 2.24) is 9.78 Å². The van der Waals surface area contributed by atoms with Gasteiger partial charge in [-0.1, -0.05) is 41.4 Å². The summed E-state index contributed by atoms with van der Waals surface area (Å²) in [5.74, 6) is 1.20. The summed E-state index contributed by atoms with van der Waals surface area (Å²) in [6, 6.07) is 12.7. The Morgan fingerprint density at radius 2 is 1.86 bits per heavy atom. The molecule has 2 aromatic carbocycles. The highest BCUT2D eigenvalue weighted by Gasteiger charge is 2.15. The standard InChI is InChI=1S/C25H28Cl2N2O6/c1-31-16-35-23-14-20(29(28-23)15-18-9-10-19(26)13-21(18)27)7-5-11-34-25-17(12-24(30)33-3)6-4-8-22(25)32-2/h4,6,8-10,13-14H,5,7,11-12,15-16H2,1-3H3. The molecule has 3 rings (SSSR count). The summed E-state index contributed by atoms with van der Waals surface area (Å²) in [7, 11) is 4.47. The van der Waals surface area contributed by atoms with Crippen LogP contribution in [-0.2, 0) is 33.7 Å². The number of hydrogen-bond donors (Lipinski definition) is 0. The quantitative estimate of drug-likeness (QED) is 0.178. The van der Waals surface area contributed by atoms with Gasteiger partial charge in [-0.15, -0.1) is 5.10 Å². The number of benzene rings is 2. The van der Waals surface area contributed by atoms with E-state index >= 15 is 0 Å². The van der Waals surface area contributed by atoms with Gasteiger partial charge in [-0.25, -0.2) is 0 Å². The molecule has 0 bridgehead atoms. The second-order valence-electron chi connectivity index (χ2n) is 7.57. The summed E-state index contributed by atoms with van der Waals surface area (Å²) >= 11 is 12.4. The van der Waals surface area contributed by atoms with E-state index in [1.54, 1.807) is 32.4 Å². The number of carbonyl (C=O) groups excluding carboxylic acids is 1. The number of nitrogens with zero attached hydrogens (tertiary/aromatic N) is 2. The predicted molar refractivity (Wildman–Crippen MR) is 133 cm³/mol. The zero-order valence-corrected chi connectivity index (χ0v) is 21.4. The number of para-hydroxylation sites is 1. The number of ether oxygens (including phenoxy) is 5. The molecule has 0 spiro atoms. The molecule has 0 unspecified atom stereocenters. The second-order valence-corrected chi connectivity index (χ2v) is 8.42. The van der Waals surface area contributed by atoms with Gasteiger partial charge in [0.05, 0.1) is 33.8 Å². The summed E-state index contributed by atoms with van der Waals surface area (Å²) in [5, 5.41) is 5.68. The zero-order valence-electron chi connectivity index (χ0n) is 19.9. The van der Waals surface area contributed by atoms with Crippen LogP contribution in [0.4, 0.5) is 0 Å². The first-order valence-electron chi connectivity index (χ1n) is 10.9. The Bertz CT molecular complexity index is 1140. The van der Waals surface area contributed by atoms with E-state index in [0.29, 0.717) is 59.0 Å². The summed E-state index contributed by atoms with van der Waals surface area (Å²) in [6.45, 7) is 0.950. The van der Waals surface area contributed by atoms with Crippen molar-refractivity contribution >= 4 is 29.2 Å². The Hall–Kier alpha value is -2.94. The third-order valence-corrected chi connectivity index (χ3v) is 5.75. The smallest absolute Gasteiger partial charge is 0.310 e. The monoisotopic (exact) mass is 522 g/mol. The summed E-state index contributed by atoms with van der Waals surface area (Å²) in [4.78, 5) is 11.8. The first-order valence-corrected chi connectivity index (χ1v) is 11.7. The van der Waals surface area contributed by atoms with Gasteiger partial charge in [0.25, 0.3) is 0 Å². The molecule has 8 nitrogen and oxygen atoms in total. The van der Waals surface area contributed by atoms with Crippen LogP contribution in [0, 0.1) is 0 Å². The molecule has 0 amide bonds. The van der Waals surface area contributed by atoms with Crippen molar-refractivity contribution in [2.24, 2.45) is 0 Å². The Morgan fingerprint density at radius 1 is 1.03 bits per heavy atom. The Kier molecular flexibility index (Phi) is 10.1. The van der Waals surface area contributed by atoms with Crippen molar-refractivity contribution in [3.05, 3.63) is 69.3 Å². The zero-order chi connectivity index (χ0) is 25.2. The van der Waals surface area contributed by atoms with Gasteiger partial charge in [0, 0.05) is 34.5 Å². The maximum atomic E-state index is 11.8. The van der Waals surface area contributed by atoms with Gasteiger partial charge in [0.2, 0.25) is 5.88 Å². The van der Waals surface area contributed by atoms with Crippen LogP contribution in [0.15, 0.2) is 42.5 Å². The average molecular weight is 523 g/mol. The first-order chi connectivity index (χ1) is 16.9. The molecular formula is C25H28Cl2N2O6.